The van der Waals surface area contributed by atoms with Gasteiger partial charge in [0.15, 0.2) is 0 Å². The average Bonchev–Trinajstić information content (AvgIpc) is 2.67. The van der Waals surface area contributed by atoms with Crippen LogP contribution in [0, 0.1) is 0 Å². The van der Waals surface area contributed by atoms with Crippen LogP contribution in [0.25, 0.3) is 0 Å². The number of nitrogens with two attached hydrogens (primary N) is 1. The first-order chi connectivity index (χ1) is 8.45. The summed E-state index contributed by atoms with van der Waals surface area (Å²) in [5, 5.41) is 0. The van der Waals surface area contributed by atoms with Crippen molar-refractivity contribution in [1.29, 1.82) is 0 Å². The second kappa shape index (κ2) is 4.84. The van der Waals surface area contributed by atoms with Gasteiger partial charge in [0.25, 0.3) is 0 Å². The van der Waals surface area contributed by atoms with Crippen molar-refractivity contribution in [3.63, 3.8) is 0 Å². The summed E-state index contributed by atoms with van der Waals surface area (Å²) in [5.74, 6) is 1.23. The number of hydrogen-bond donors (Lipinski definition) is 1. The first-order valence-corrected chi connectivity index (χ1v) is 6.79. The van der Waals surface area contributed by atoms with E-state index in [2.05, 4.69) is 42.6 Å². The summed E-state index contributed by atoms with van der Waals surface area (Å²) in [4.78, 5) is 11.5. The molecule has 0 bridgehead atoms. The van der Waals surface area contributed by atoms with Crippen molar-refractivity contribution in [2.75, 3.05) is 11.4 Å². The Bertz CT molecular complexity index is 426. The lowest BCUT2D eigenvalue weighted by Gasteiger charge is -2.34. The molecule has 0 aromatic carbocycles. The maximum Gasteiger partial charge on any atom is 0.131 e. The minimum absolute atomic E-state index is 0.187. The molecule has 0 aliphatic carbocycles. The third kappa shape index (κ3) is 2.34. The molecule has 4 heteroatoms. The summed E-state index contributed by atoms with van der Waals surface area (Å²) >= 11 is 0. The molecule has 0 saturated carbocycles. The van der Waals surface area contributed by atoms with Crippen molar-refractivity contribution in [3.8, 4) is 0 Å². The Morgan fingerprint density at radius 3 is 2.67 bits per heavy atom. The molecule has 0 unspecified atom stereocenters. The molecule has 0 atom stereocenters. The van der Waals surface area contributed by atoms with E-state index in [1.165, 1.54) is 12.8 Å². The van der Waals surface area contributed by atoms with Crippen molar-refractivity contribution in [3.05, 3.63) is 17.7 Å². The average molecular weight is 248 g/mol. The van der Waals surface area contributed by atoms with Gasteiger partial charge >= 0.3 is 0 Å². The van der Waals surface area contributed by atoms with Crippen LogP contribution in [-0.2, 0) is 6.54 Å². The molecule has 1 fully saturated rings. The highest BCUT2D eigenvalue weighted by Crippen LogP contribution is 2.34. The molecule has 0 amide bonds. The van der Waals surface area contributed by atoms with Crippen LogP contribution in [0.1, 0.15) is 58.0 Å². The van der Waals surface area contributed by atoms with Gasteiger partial charge in [-0.25, -0.2) is 9.97 Å². The standard InChI is InChI=1S/C14H24N4/c1-10(2)13-16-9-12(11(8-15)17-13)18-7-5-6-14(18,3)4/h9-10H,5-8,15H2,1-4H3. The van der Waals surface area contributed by atoms with E-state index in [4.69, 9.17) is 5.73 Å². The van der Waals surface area contributed by atoms with Gasteiger partial charge in [-0.3, -0.25) is 0 Å². The van der Waals surface area contributed by atoms with E-state index in [9.17, 15) is 0 Å². The van der Waals surface area contributed by atoms with Gasteiger partial charge in [0.2, 0.25) is 0 Å². The fraction of sp³-hybridized carbons (Fsp3) is 0.714. The van der Waals surface area contributed by atoms with Gasteiger partial charge in [0.05, 0.1) is 17.6 Å². The van der Waals surface area contributed by atoms with Crippen molar-refractivity contribution in [1.82, 2.24) is 9.97 Å². The summed E-state index contributed by atoms with van der Waals surface area (Å²) in [7, 11) is 0. The second-order valence-electron chi connectivity index (χ2n) is 5.99. The zero-order valence-electron chi connectivity index (χ0n) is 11.9. The summed E-state index contributed by atoms with van der Waals surface area (Å²) in [6.45, 7) is 10.3. The van der Waals surface area contributed by atoms with Crippen LogP contribution in [0.3, 0.4) is 0 Å². The quantitative estimate of drug-likeness (QED) is 0.892. The van der Waals surface area contributed by atoms with Crippen molar-refractivity contribution in [2.45, 2.75) is 58.5 Å². The lowest BCUT2D eigenvalue weighted by atomic mass is 10.0. The zero-order valence-corrected chi connectivity index (χ0v) is 11.9. The van der Waals surface area contributed by atoms with E-state index >= 15 is 0 Å². The third-order valence-corrected chi connectivity index (χ3v) is 3.77. The minimum Gasteiger partial charge on any atom is -0.364 e. The maximum absolute atomic E-state index is 5.86. The van der Waals surface area contributed by atoms with Crippen LogP contribution < -0.4 is 10.6 Å². The summed E-state index contributed by atoms with van der Waals surface area (Å²) in [6.07, 6.45) is 4.39. The second-order valence-corrected chi connectivity index (χ2v) is 5.99. The maximum atomic E-state index is 5.86. The molecule has 1 aliphatic heterocycles. The van der Waals surface area contributed by atoms with Gasteiger partial charge < -0.3 is 10.6 Å². The summed E-state index contributed by atoms with van der Waals surface area (Å²) < 4.78 is 0. The molecule has 2 N–H and O–H groups in total. The fourth-order valence-electron chi connectivity index (χ4n) is 2.63. The smallest absolute Gasteiger partial charge is 0.131 e. The Kier molecular flexibility index (Phi) is 3.57. The molecule has 100 valence electrons. The van der Waals surface area contributed by atoms with Crippen LogP contribution in [0.4, 0.5) is 5.69 Å². The summed E-state index contributed by atoms with van der Waals surface area (Å²) in [5.41, 5.74) is 8.14. The van der Waals surface area contributed by atoms with Crippen molar-refractivity contribution >= 4 is 5.69 Å². The Balaban J connectivity index is 2.39. The van der Waals surface area contributed by atoms with Crippen LogP contribution in [0.5, 0.6) is 0 Å². The first-order valence-electron chi connectivity index (χ1n) is 6.79. The third-order valence-electron chi connectivity index (χ3n) is 3.77. The largest absolute Gasteiger partial charge is 0.364 e. The van der Waals surface area contributed by atoms with E-state index in [0.29, 0.717) is 12.5 Å². The molecule has 18 heavy (non-hydrogen) atoms. The van der Waals surface area contributed by atoms with Crippen LogP contribution in [0.15, 0.2) is 6.20 Å². The monoisotopic (exact) mass is 248 g/mol. The molecule has 4 nitrogen and oxygen atoms in total. The van der Waals surface area contributed by atoms with E-state index in [-0.39, 0.29) is 5.54 Å². The van der Waals surface area contributed by atoms with Crippen LogP contribution in [0.2, 0.25) is 0 Å². The fourth-order valence-corrected chi connectivity index (χ4v) is 2.63. The first kappa shape index (κ1) is 13.3. The molecular formula is C14H24N4. The number of anilines is 1. The number of rotatable bonds is 3. The van der Waals surface area contributed by atoms with E-state index in [0.717, 1.165) is 23.8 Å². The minimum atomic E-state index is 0.187. The molecular weight excluding hydrogens is 224 g/mol. The highest BCUT2D eigenvalue weighted by Gasteiger charge is 2.33. The normalized spacial score (nSPS) is 18.7. The molecule has 1 saturated heterocycles. The highest BCUT2D eigenvalue weighted by molar-refractivity contribution is 5.52. The van der Waals surface area contributed by atoms with E-state index in [1.54, 1.807) is 0 Å². The lowest BCUT2D eigenvalue weighted by molar-refractivity contribution is 0.515. The number of hydrogen-bond acceptors (Lipinski definition) is 4. The van der Waals surface area contributed by atoms with Gasteiger partial charge in [0, 0.05) is 24.5 Å². The molecule has 1 aromatic rings. The number of nitrogens with zero attached hydrogens (tertiary/aromatic N) is 3. The van der Waals surface area contributed by atoms with Crippen molar-refractivity contribution < 1.29 is 0 Å². The van der Waals surface area contributed by atoms with Crippen LogP contribution in [-0.4, -0.2) is 22.1 Å². The van der Waals surface area contributed by atoms with Gasteiger partial charge in [-0.05, 0) is 26.7 Å². The van der Waals surface area contributed by atoms with Crippen molar-refractivity contribution in [2.24, 2.45) is 5.73 Å². The van der Waals surface area contributed by atoms with Crippen LogP contribution >= 0.6 is 0 Å². The molecule has 1 aliphatic rings. The zero-order chi connectivity index (χ0) is 13.3. The van der Waals surface area contributed by atoms with Gasteiger partial charge in [-0.15, -0.1) is 0 Å². The molecule has 2 heterocycles. The Hall–Kier alpha value is -1.16. The predicted molar refractivity (Wildman–Crippen MR) is 74.7 cm³/mol. The van der Waals surface area contributed by atoms with E-state index in [1.807, 2.05) is 6.20 Å². The molecule has 0 radical (unpaired) electrons. The molecule has 1 aromatic heterocycles. The number of aromatic nitrogens is 2. The van der Waals surface area contributed by atoms with Gasteiger partial charge in [-0.2, -0.15) is 0 Å². The highest BCUT2D eigenvalue weighted by atomic mass is 15.2. The topological polar surface area (TPSA) is 55.0 Å². The Morgan fingerprint density at radius 1 is 1.44 bits per heavy atom. The molecule has 2 rings (SSSR count). The van der Waals surface area contributed by atoms with Gasteiger partial charge in [-0.1, -0.05) is 13.8 Å². The molecule has 0 spiro atoms. The van der Waals surface area contributed by atoms with Gasteiger partial charge in [0.1, 0.15) is 5.82 Å². The Labute approximate surface area is 110 Å². The van der Waals surface area contributed by atoms with E-state index < -0.39 is 0 Å². The lowest BCUT2D eigenvalue weighted by Crippen LogP contribution is -2.39. The SMILES string of the molecule is CC(C)c1ncc(N2CCCC2(C)C)c(CN)n1. The Morgan fingerprint density at radius 2 is 2.17 bits per heavy atom. The summed E-state index contributed by atoms with van der Waals surface area (Å²) in [6, 6.07) is 0. The predicted octanol–water partition coefficient (Wildman–Crippen LogP) is 2.44.